The molecular weight excluding hydrogens is 471 g/mol. The summed E-state index contributed by atoms with van der Waals surface area (Å²) < 4.78 is 22.9. The van der Waals surface area contributed by atoms with Crippen LogP contribution in [0.2, 0.25) is 0 Å². The molecule has 0 radical (unpaired) electrons. The van der Waals surface area contributed by atoms with Crippen molar-refractivity contribution >= 4 is 25.5 Å². The van der Waals surface area contributed by atoms with Crippen molar-refractivity contribution < 1.29 is 33.6 Å². The van der Waals surface area contributed by atoms with E-state index < -0.39 is 62.2 Å². The van der Waals surface area contributed by atoms with Crippen LogP contribution in [-0.4, -0.2) is 63.0 Å². The van der Waals surface area contributed by atoms with Gasteiger partial charge in [0.2, 0.25) is 5.91 Å². The minimum Gasteiger partial charge on any atom is -0.387 e. The summed E-state index contributed by atoms with van der Waals surface area (Å²) in [5.41, 5.74) is -0.318. The van der Waals surface area contributed by atoms with Crippen LogP contribution in [0.4, 0.5) is 5.69 Å². The highest BCUT2D eigenvalue weighted by atomic mass is 31.1. The minimum atomic E-state index is -2.16. The van der Waals surface area contributed by atoms with Gasteiger partial charge in [-0.3, -0.25) is 28.5 Å². The largest absolute Gasteiger partial charge is 0.387 e. The van der Waals surface area contributed by atoms with Crippen molar-refractivity contribution in [3.05, 3.63) is 62.9 Å². The summed E-state index contributed by atoms with van der Waals surface area (Å²) in [4.78, 5) is 49.7. The topological polar surface area (TPSA) is 189 Å². The highest BCUT2D eigenvalue weighted by molar-refractivity contribution is 7.38. The second kappa shape index (κ2) is 11.4. The van der Waals surface area contributed by atoms with Gasteiger partial charge in [0.05, 0.1) is 13.2 Å². The molecule has 1 aliphatic rings. The van der Waals surface area contributed by atoms with Crippen molar-refractivity contribution in [1.82, 2.24) is 14.9 Å². The van der Waals surface area contributed by atoms with Crippen LogP contribution in [0.15, 0.2) is 46.1 Å². The number of carbonyl (C=O) groups excluding carboxylic acids is 2. The van der Waals surface area contributed by atoms with Gasteiger partial charge in [-0.15, -0.1) is 0 Å². The molecule has 1 aromatic heterocycles. The second-order valence-corrected chi connectivity index (χ2v) is 8.78. The minimum absolute atomic E-state index is 0.282. The molecule has 0 aliphatic carbocycles. The van der Waals surface area contributed by atoms with Crippen LogP contribution in [0, 0.1) is 0 Å². The Kier molecular flexibility index (Phi) is 8.53. The first-order chi connectivity index (χ1) is 16.2. The highest BCUT2D eigenvalue weighted by Crippen LogP contribution is 2.29. The molecule has 0 bridgehead atoms. The second-order valence-electron chi connectivity index (χ2n) is 7.39. The van der Waals surface area contributed by atoms with Gasteiger partial charge < -0.3 is 30.1 Å². The Bertz CT molecular complexity index is 1160. The van der Waals surface area contributed by atoms with Crippen LogP contribution in [0.3, 0.4) is 0 Å². The number of aromatic amines is 1. The average molecular weight is 496 g/mol. The van der Waals surface area contributed by atoms with Crippen molar-refractivity contribution in [2.45, 2.75) is 37.6 Å². The van der Waals surface area contributed by atoms with Crippen molar-refractivity contribution in [2.75, 3.05) is 18.5 Å². The van der Waals surface area contributed by atoms with Gasteiger partial charge in [-0.25, -0.2) is 4.79 Å². The summed E-state index contributed by atoms with van der Waals surface area (Å²) in [5, 5.41) is 25.2. The number of amides is 2. The summed E-state index contributed by atoms with van der Waals surface area (Å²) in [6.45, 7) is 1.67. The van der Waals surface area contributed by atoms with Crippen LogP contribution in [-0.2, 0) is 29.6 Å². The number of anilines is 1. The number of aromatic nitrogens is 2. The first kappa shape index (κ1) is 25.5. The van der Waals surface area contributed by atoms with Gasteiger partial charge in [0.15, 0.2) is 20.4 Å². The SMILES string of the molecule is CCO[PH](=O)Cc1ccc(NC(=O)CNC(=O)[C@H]2O[C@@H](n3ccc(=O)[nH]c3=O)[C@H](O)[C@@H]2O)cc1. The Morgan fingerprint density at radius 2 is 1.88 bits per heavy atom. The van der Waals surface area contributed by atoms with Gasteiger partial charge in [0, 0.05) is 24.1 Å². The van der Waals surface area contributed by atoms with Gasteiger partial charge in [-0.2, -0.15) is 0 Å². The van der Waals surface area contributed by atoms with Crippen LogP contribution >= 0.6 is 8.03 Å². The smallest absolute Gasteiger partial charge is 0.330 e. The third-order valence-corrected chi connectivity index (χ3v) is 6.24. The summed E-state index contributed by atoms with van der Waals surface area (Å²) in [6.07, 6.45) is -4.93. The molecule has 5 N–H and O–H groups in total. The molecule has 3 rings (SSSR count). The molecular formula is C20H25N4O9P. The maximum absolute atomic E-state index is 12.4. The number of aliphatic hydroxyl groups is 2. The summed E-state index contributed by atoms with van der Waals surface area (Å²) in [7, 11) is -2.16. The number of hydrogen-bond donors (Lipinski definition) is 5. The van der Waals surface area contributed by atoms with E-state index in [4.69, 9.17) is 9.26 Å². The van der Waals surface area contributed by atoms with Crippen molar-refractivity contribution in [3.63, 3.8) is 0 Å². The molecule has 5 atom stereocenters. The standard InChI is InChI=1S/C20H25N4O9P/c1-2-32-34(31)10-11-3-5-12(6-4-11)22-14(26)9-21-18(29)17-15(27)16(28)19(33-17)24-8-7-13(25)23-20(24)30/h3-8,15-17,19,27-28,34H,2,9-10H2,1H3,(H,21,29)(H,22,26)(H,23,25,30)/t15-,16+,17-,19+/m0/s1. The molecule has 1 unspecified atom stereocenters. The van der Waals surface area contributed by atoms with E-state index in [1.807, 2.05) is 4.98 Å². The molecule has 0 saturated carbocycles. The van der Waals surface area contributed by atoms with Crippen molar-refractivity contribution in [2.24, 2.45) is 0 Å². The van der Waals surface area contributed by atoms with E-state index in [1.54, 1.807) is 31.2 Å². The Morgan fingerprint density at radius 3 is 2.53 bits per heavy atom. The van der Waals surface area contributed by atoms with Gasteiger partial charge in [-0.1, -0.05) is 12.1 Å². The molecule has 184 valence electrons. The van der Waals surface area contributed by atoms with Crippen LogP contribution in [0.5, 0.6) is 0 Å². The van der Waals surface area contributed by atoms with Gasteiger partial charge in [0.1, 0.15) is 12.2 Å². The van der Waals surface area contributed by atoms with Crippen LogP contribution < -0.4 is 21.9 Å². The molecule has 2 aromatic rings. The Hall–Kier alpha value is -3.09. The van der Waals surface area contributed by atoms with E-state index >= 15 is 0 Å². The van der Waals surface area contributed by atoms with E-state index in [0.717, 1.165) is 22.4 Å². The van der Waals surface area contributed by atoms with E-state index in [2.05, 4.69) is 10.6 Å². The Labute approximate surface area is 193 Å². The van der Waals surface area contributed by atoms with Gasteiger partial charge in [0.25, 0.3) is 11.5 Å². The molecule has 13 nitrogen and oxygen atoms in total. The van der Waals surface area contributed by atoms with Crippen LogP contribution in [0.1, 0.15) is 18.7 Å². The zero-order chi connectivity index (χ0) is 24.8. The van der Waals surface area contributed by atoms with Crippen molar-refractivity contribution in [1.29, 1.82) is 0 Å². The molecule has 2 amide bonds. The lowest BCUT2D eigenvalue weighted by Gasteiger charge is -2.16. The zero-order valence-corrected chi connectivity index (χ0v) is 19.1. The monoisotopic (exact) mass is 496 g/mol. The molecule has 2 heterocycles. The van der Waals surface area contributed by atoms with E-state index in [9.17, 15) is 34.0 Å². The van der Waals surface area contributed by atoms with E-state index in [1.165, 1.54) is 0 Å². The molecule has 14 heteroatoms. The number of nitrogens with one attached hydrogen (secondary N) is 3. The molecule has 1 saturated heterocycles. The molecule has 34 heavy (non-hydrogen) atoms. The zero-order valence-electron chi connectivity index (χ0n) is 18.1. The molecule has 1 fully saturated rings. The highest BCUT2D eigenvalue weighted by Gasteiger charge is 2.47. The number of nitrogens with zero attached hydrogens (tertiary/aromatic N) is 1. The number of benzene rings is 1. The fourth-order valence-corrected chi connectivity index (χ4v) is 4.28. The maximum Gasteiger partial charge on any atom is 0.330 e. The first-order valence-electron chi connectivity index (χ1n) is 10.3. The summed E-state index contributed by atoms with van der Waals surface area (Å²) >= 11 is 0. The summed E-state index contributed by atoms with van der Waals surface area (Å²) in [6, 6.07) is 7.64. The fourth-order valence-electron chi connectivity index (χ4n) is 3.29. The summed E-state index contributed by atoms with van der Waals surface area (Å²) in [5.74, 6) is -1.44. The number of H-pyrrole nitrogens is 1. The number of ether oxygens (including phenoxy) is 1. The predicted molar refractivity (Wildman–Crippen MR) is 120 cm³/mol. The third kappa shape index (κ3) is 6.27. The molecule has 1 aliphatic heterocycles. The average Bonchev–Trinajstić information content (AvgIpc) is 3.08. The predicted octanol–water partition coefficient (Wildman–Crippen LogP) is -1.08. The first-order valence-corrected chi connectivity index (χ1v) is 11.9. The van der Waals surface area contributed by atoms with E-state index in [-0.39, 0.29) is 6.16 Å². The number of rotatable bonds is 9. The normalized spacial score (nSPS) is 22.8. The quantitative estimate of drug-likeness (QED) is 0.269. The Morgan fingerprint density at radius 1 is 1.18 bits per heavy atom. The van der Waals surface area contributed by atoms with Gasteiger partial charge >= 0.3 is 5.69 Å². The fraction of sp³-hybridized carbons (Fsp3) is 0.400. The lowest BCUT2D eigenvalue weighted by Crippen LogP contribution is -2.45. The number of aliphatic hydroxyl groups excluding tert-OH is 2. The number of hydrogen-bond acceptors (Lipinski definition) is 9. The lowest BCUT2D eigenvalue weighted by molar-refractivity contribution is -0.138. The molecule has 1 aromatic carbocycles. The molecule has 0 spiro atoms. The maximum atomic E-state index is 12.4. The van der Waals surface area contributed by atoms with Crippen LogP contribution in [0.25, 0.3) is 0 Å². The Balaban J connectivity index is 1.53. The number of carbonyl (C=O) groups is 2. The third-order valence-electron chi connectivity index (χ3n) is 4.94. The lowest BCUT2D eigenvalue weighted by atomic mass is 10.1. The van der Waals surface area contributed by atoms with Crippen molar-refractivity contribution in [3.8, 4) is 0 Å². The van der Waals surface area contributed by atoms with Gasteiger partial charge in [-0.05, 0) is 24.6 Å². The van der Waals surface area contributed by atoms with E-state index in [0.29, 0.717) is 12.3 Å².